The zero-order valence-corrected chi connectivity index (χ0v) is 19.3. The maximum absolute atomic E-state index is 14.2. The molecule has 2 aromatic carbocycles. The van der Waals surface area contributed by atoms with Crippen molar-refractivity contribution in [2.24, 2.45) is 4.40 Å². The predicted octanol–water partition coefficient (Wildman–Crippen LogP) is 6.29. The van der Waals surface area contributed by atoms with Crippen molar-refractivity contribution in [2.75, 3.05) is 0 Å². The molecule has 0 amide bonds. The number of alkyl halides is 4. The van der Waals surface area contributed by atoms with Crippen LogP contribution in [0.4, 0.5) is 26.3 Å². The number of rotatable bonds is 8. The fourth-order valence-corrected chi connectivity index (χ4v) is 3.10. The van der Waals surface area contributed by atoms with Crippen LogP contribution in [0.3, 0.4) is 0 Å². The third kappa shape index (κ3) is 7.29. The van der Waals surface area contributed by atoms with E-state index < -0.39 is 52.1 Å². The van der Waals surface area contributed by atoms with Gasteiger partial charge in [-0.1, -0.05) is 4.40 Å². The van der Waals surface area contributed by atoms with Crippen LogP contribution in [0.25, 0.3) is 0 Å². The normalized spacial score (nSPS) is 14.1. The minimum absolute atomic E-state index is 0.127. The SMILES string of the molecule is CC(C)Oc1cc(/C(=N\[S+]([O-])C(C)(C)C)c2cc(F)cc(OC(F)(F)C(F)F)c2)ccc1F. The van der Waals surface area contributed by atoms with Crippen LogP contribution < -0.4 is 9.47 Å². The van der Waals surface area contributed by atoms with Gasteiger partial charge in [0.25, 0.3) is 0 Å². The van der Waals surface area contributed by atoms with Gasteiger partial charge in [-0.25, -0.2) is 8.78 Å². The van der Waals surface area contributed by atoms with Crippen LogP contribution in [-0.4, -0.2) is 33.6 Å². The van der Waals surface area contributed by atoms with Crippen molar-refractivity contribution >= 4 is 17.1 Å². The fraction of sp³-hybridized carbons (Fsp3) is 0.409. The van der Waals surface area contributed by atoms with Gasteiger partial charge in [0.2, 0.25) is 0 Å². The summed E-state index contributed by atoms with van der Waals surface area (Å²) < 4.78 is 106. The van der Waals surface area contributed by atoms with E-state index >= 15 is 0 Å². The highest BCUT2D eigenvalue weighted by atomic mass is 32.2. The van der Waals surface area contributed by atoms with E-state index in [2.05, 4.69) is 9.13 Å². The lowest BCUT2D eigenvalue weighted by Crippen LogP contribution is -2.33. The van der Waals surface area contributed by atoms with E-state index in [-0.39, 0.29) is 22.6 Å². The van der Waals surface area contributed by atoms with Crippen LogP contribution in [0.2, 0.25) is 0 Å². The molecule has 0 aromatic heterocycles. The number of ether oxygens (including phenoxy) is 2. The molecule has 0 aliphatic heterocycles. The summed E-state index contributed by atoms with van der Waals surface area (Å²) in [4.78, 5) is 0. The van der Waals surface area contributed by atoms with E-state index in [1.165, 1.54) is 12.1 Å². The Balaban J connectivity index is 2.67. The van der Waals surface area contributed by atoms with Gasteiger partial charge in [-0.15, -0.1) is 0 Å². The molecule has 0 heterocycles. The van der Waals surface area contributed by atoms with E-state index in [4.69, 9.17) is 4.74 Å². The summed E-state index contributed by atoms with van der Waals surface area (Å²) in [7, 11) is 0. The lowest BCUT2D eigenvalue weighted by atomic mass is 10.0. The Kier molecular flexibility index (Phi) is 8.34. The number of nitrogens with zero attached hydrogens (tertiary/aromatic N) is 1. The van der Waals surface area contributed by atoms with E-state index in [9.17, 15) is 30.9 Å². The Bertz CT molecular complexity index is 1010. The van der Waals surface area contributed by atoms with Gasteiger partial charge < -0.3 is 14.0 Å². The molecule has 11 heteroatoms. The summed E-state index contributed by atoms with van der Waals surface area (Å²) in [6, 6.07) is 5.75. The van der Waals surface area contributed by atoms with Crippen LogP contribution in [0, 0.1) is 11.6 Å². The Morgan fingerprint density at radius 1 is 1.00 bits per heavy atom. The van der Waals surface area contributed by atoms with E-state index in [1.807, 2.05) is 0 Å². The van der Waals surface area contributed by atoms with Crippen molar-refractivity contribution in [3.8, 4) is 11.5 Å². The van der Waals surface area contributed by atoms with Gasteiger partial charge in [-0.05, 0) is 65.0 Å². The standard InChI is InChI=1S/C22H23F6NO3S/c1-12(2)31-18-10-13(6-7-17(18)24)19(29-33(30)21(3,4)5)14-8-15(23)11-16(9-14)32-22(27,28)20(25)26/h6-12,20H,1-5H3/b29-19+. The molecule has 0 saturated carbocycles. The van der Waals surface area contributed by atoms with Gasteiger partial charge in [-0.2, -0.15) is 17.6 Å². The van der Waals surface area contributed by atoms with Crippen LogP contribution >= 0.6 is 0 Å². The molecule has 1 unspecified atom stereocenters. The molecule has 4 nitrogen and oxygen atoms in total. The average Bonchev–Trinajstić information content (AvgIpc) is 2.65. The molecule has 2 rings (SSSR count). The molecule has 0 radical (unpaired) electrons. The Hall–Kier alpha value is -2.40. The van der Waals surface area contributed by atoms with Gasteiger partial charge >= 0.3 is 12.5 Å². The molecule has 0 aliphatic rings. The van der Waals surface area contributed by atoms with E-state index in [0.29, 0.717) is 6.07 Å². The Morgan fingerprint density at radius 3 is 2.18 bits per heavy atom. The second-order valence-corrected chi connectivity index (χ2v) is 10.2. The van der Waals surface area contributed by atoms with Crippen LogP contribution in [0.15, 0.2) is 40.8 Å². The minimum Gasteiger partial charge on any atom is -0.591 e. The molecular weight excluding hydrogens is 472 g/mol. The number of halogens is 6. The van der Waals surface area contributed by atoms with Crippen molar-refractivity contribution in [2.45, 2.75) is 58.0 Å². The van der Waals surface area contributed by atoms with Crippen molar-refractivity contribution in [1.29, 1.82) is 0 Å². The lowest BCUT2D eigenvalue weighted by molar-refractivity contribution is -0.253. The highest BCUT2D eigenvalue weighted by Gasteiger charge is 2.44. The average molecular weight is 495 g/mol. The van der Waals surface area contributed by atoms with E-state index in [0.717, 1.165) is 18.2 Å². The van der Waals surface area contributed by atoms with Gasteiger partial charge in [0.05, 0.1) is 6.10 Å². The zero-order valence-electron chi connectivity index (χ0n) is 18.5. The van der Waals surface area contributed by atoms with Crippen LogP contribution in [0.5, 0.6) is 11.5 Å². The second-order valence-electron chi connectivity index (χ2n) is 8.25. The third-order valence-electron chi connectivity index (χ3n) is 3.92. The van der Waals surface area contributed by atoms with Crippen LogP contribution in [0.1, 0.15) is 45.7 Å². The number of hydrogen-bond acceptors (Lipinski definition) is 4. The summed E-state index contributed by atoms with van der Waals surface area (Å²) in [6.07, 6.45) is -9.42. The molecule has 0 fully saturated rings. The van der Waals surface area contributed by atoms with Crippen molar-refractivity contribution in [3.63, 3.8) is 0 Å². The van der Waals surface area contributed by atoms with Crippen LogP contribution in [-0.2, 0) is 11.4 Å². The molecule has 2 aromatic rings. The van der Waals surface area contributed by atoms with Crippen molar-refractivity contribution in [3.05, 3.63) is 59.2 Å². The Morgan fingerprint density at radius 2 is 1.64 bits per heavy atom. The molecular formula is C22H23F6NO3S. The maximum atomic E-state index is 14.2. The molecule has 0 spiro atoms. The number of hydrogen-bond donors (Lipinski definition) is 0. The summed E-state index contributed by atoms with van der Waals surface area (Å²) >= 11 is -1.91. The first-order chi connectivity index (χ1) is 15.1. The topological polar surface area (TPSA) is 53.9 Å². The summed E-state index contributed by atoms with van der Waals surface area (Å²) in [5.41, 5.74) is -0.238. The van der Waals surface area contributed by atoms with Gasteiger partial charge in [-0.3, -0.25) is 0 Å². The van der Waals surface area contributed by atoms with Gasteiger partial charge in [0, 0.05) is 17.2 Å². The molecule has 0 aliphatic carbocycles. The minimum atomic E-state index is -4.87. The Labute approximate surface area is 190 Å². The monoisotopic (exact) mass is 495 g/mol. The third-order valence-corrected chi connectivity index (χ3v) is 5.31. The first kappa shape index (κ1) is 26.8. The largest absolute Gasteiger partial charge is 0.591 e. The van der Waals surface area contributed by atoms with E-state index in [1.54, 1.807) is 34.6 Å². The van der Waals surface area contributed by atoms with Gasteiger partial charge in [0.1, 0.15) is 33.4 Å². The second kappa shape index (κ2) is 10.3. The zero-order chi connectivity index (χ0) is 25.1. The molecule has 0 bridgehead atoms. The molecule has 0 N–H and O–H groups in total. The first-order valence-electron chi connectivity index (χ1n) is 9.73. The predicted molar refractivity (Wildman–Crippen MR) is 114 cm³/mol. The van der Waals surface area contributed by atoms with Crippen molar-refractivity contribution < 1.29 is 40.4 Å². The lowest BCUT2D eigenvalue weighted by Gasteiger charge is -2.21. The first-order valence-corrected chi connectivity index (χ1v) is 10.8. The summed E-state index contributed by atoms with van der Waals surface area (Å²) in [5, 5.41) is 0. The maximum Gasteiger partial charge on any atom is 0.461 e. The summed E-state index contributed by atoms with van der Waals surface area (Å²) in [6.45, 7) is 8.17. The molecule has 33 heavy (non-hydrogen) atoms. The fourth-order valence-electron chi connectivity index (χ4n) is 2.45. The van der Waals surface area contributed by atoms with Gasteiger partial charge in [0.15, 0.2) is 11.6 Å². The number of benzene rings is 2. The molecule has 0 saturated heterocycles. The quantitative estimate of drug-likeness (QED) is 0.246. The smallest absolute Gasteiger partial charge is 0.461 e. The highest BCUT2D eigenvalue weighted by molar-refractivity contribution is 7.91. The highest BCUT2D eigenvalue weighted by Crippen LogP contribution is 2.31. The molecule has 182 valence electrons. The summed E-state index contributed by atoms with van der Waals surface area (Å²) in [5.74, 6) is -2.87. The van der Waals surface area contributed by atoms with Crippen molar-refractivity contribution in [1.82, 2.24) is 0 Å². The molecule has 1 atom stereocenters.